The van der Waals surface area contributed by atoms with E-state index in [1.807, 2.05) is 0 Å². The first-order valence-corrected chi connectivity index (χ1v) is 11.0. The van der Waals surface area contributed by atoms with Crippen LogP contribution in [-0.4, -0.2) is 43.8 Å². The Balaban J connectivity index is 1.32. The number of pyridine rings is 2. The molecule has 2 aliphatic heterocycles. The normalized spacial score (nSPS) is 16.8. The number of urea groups is 1. The van der Waals surface area contributed by atoms with Crippen LogP contribution in [0.1, 0.15) is 37.2 Å². The SMILES string of the molecule is CC(C)(NC(=O)N1CC2(CCn3nc(-c4cnc(N)c(C(F)(F)F)c4)cc32)C1)c1ncccc1F. The van der Waals surface area contributed by atoms with E-state index in [0.29, 0.717) is 25.3 Å². The third-order valence-corrected chi connectivity index (χ3v) is 6.69. The van der Waals surface area contributed by atoms with Crippen molar-refractivity contribution in [2.75, 3.05) is 18.8 Å². The monoisotopic (exact) mass is 489 g/mol. The molecular formula is C23H23F4N7O. The number of amides is 2. The van der Waals surface area contributed by atoms with Gasteiger partial charge in [0.05, 0.1) is 16.8 Å². The average molecular weight is 489 g/mol. The molecule has 3 aromatic heterocycles. The highest BCUT2D eigenvalue weighted by atomic mass is 19.4. The van der Waals surface area contributed by atoms with Crippen molar-refractivity contribution in [2.24, 2.45) is 0 Å². The number of likely N-dealkylation sites (tertiary alicyclic amines) is 1. The Kier molecular flexibility index (Phi) is 5.04. The summed E-state index contributed by atoms with van der Waals surface area (Å²) in [7, 11) is 0. The Labute approximate surface area is 198 Å². The highest BCUT2D eigenvalue weighted by Crippen LogP contribution is 2.44. The molecule has 0 unspecified atom stereocenters. The van der Waals surface area contributed by atoms with Gasteiger partial charge in [0, 0.05) is 48.7 Å². The van der Waals surface area contributed by atoms with E-state index in [9.17, 15) is 22.4 Å². The van der Waals surface area contributed by atoms with Crippen LogP contribution >= 0.6 is 0 Å². The Morgan fingerprint density at radius 3 is 2.63 bits per heavy atom. The molecule has 2 amide bonds. The molecule has 184 valence electrons. The number of carbonyl (C=O) groups excluding carboxylic acids is 1. The van der Waals surface area contributed by atoms with E-state index < -0.39 is 28.9 Å². The summed E-state index contributed by atoms with van der Waals surface area (Å²) in [6.45, 7) is 4.78. The maximum absolute atomic E-state index is 14.2. The number of nitrogens with two attached hydrogens (primary N) is 1. The fourth-order valence-electron chi connectivity index (χ4n) is 4.84. The van der Waals surface area contributed by atoms with Gasteiger partial charge in [0.1, 0.15) is 17.3 Å². The maximum atomic E-state index is 14.2. The summed E-state index contributed by atoms with van der Waals surface area (Å²) < 4.78 is 55.7. The number of rotatable bonds is 3. The lowest BCUT2D eigenvalue weighted by Gasteiger charge is -2.48. The predicted octanol–water partition coefficient (Wildman–Crippen LogP) is 3.68. The maximum Gasteiger partial charge on any atom is 0.419 e. The second-order valence-corrected chi connectivity index (χ2v) is 9.57. The number of aromatic nitrogens is 4. The van der Waals surface area contributed by atoms with Gasteiger partial charge in [0.15, 0.2) is 0 Å². The van der Waals surface area contributed by atoms with Crippen molar-refractivity contribution in [3.05, 3.63) is 59.4 Å². The molecule has 0 radical (unpaired) electrons. The molecule has 5 rings (SSSR count). The van der Waals surface area contributed by atoms with Crippen molar-refractivity contribution in [3.63, 3.8) is 0 Å². The lowest BCUT2D eigenvalue weighted by Crippen LogP contribution is -2.64. The predicted molar refractivity (Wildman–Crippen MR) is 118 cm³/mol. The highest BCUT2D eigenvalue weighted by molar-refractivity contribution is 5.77. The Morgan fingerprint density at radius 2 is 1.94 bits per heavy atom. The molecule has 5 heterocycles. The minimum atomic E-state index is -4.62. The van der Waals surface area contributed by atoms with E-state index >= 15 is 0 Å². The zero-order chi connectivity index (χ0) is 25.2. The second kappa shape index (κ2) is 7.65. The zero-order valence-corrected chi connectivity index (χ0v) is 19.0. The van der Waals surface area contributed by atoms with Gasteiger partial charge in [0.25, 0.3) is 0 Å². The number of fused-ring (bicyclic) bond motifs is 2. The molecule has 3 N–H and O–H groups in total. The summed E-state index contributed by atoms with van der Waals surface area (Å²) in [5, 5.41) is 7.31. The van der Waals surface area contributed by atoms with Crippen LogP contribution < -0.4 is 11.1 Å². The molecule has 12 heteroatoms. The van der Waals surface area contributed by atoms with Crippen LogP contribution in [0.15, 0.2) is 36.7 Å². The molecule has 3 aromatic rings. The minimum Gasteiger partial charge on any atom is -0.383 e. The van der Waals surface area contributed by atoms with E-state index in [-0.39, 0.29) is 22.7 Å². The molecule has 1 fully saturated rings. The zero-order valence-electron chi connectivity index (χ0n) is 19.0. The quantitative estimate of drug-likeness (QED) is 0.547. The average Bonchev–Trinajstić information content (AvgIpc) is 3.31. The van der Waals surface area contributed by atoms with Crippen molar-refractivity contribution in [1.82, 2.24) is 30.0 Å². The largest absolute Gasteiger partial charge is 0.419 e. The molecule has 1 saturated heterocycles. The van der Waals surface area contributed by atoms with Crippen molar-refractivity contribution >= 4 is 11.8 Å². The number of carbonyl (C=O) groups is 1. The van der Waals surface area contributed by atoms with Crippen molar-refractivity contribution in [2.45, 2.75) is 43.9 Å². The van der Waals surface area contributed by atoms with Crippen molar-refractivity contribution in [1.29, 1.82) is 0 Å². The molecule has 0 bridgehead atoms. The Morgan fingerprint density at radius 1 is 1.20 bits per heavy atom. The molecule has 0 aromatic carbocycles. The van der Waals surface area contributed by atoms with E-state index in [1.54, 1.807) is 29.5 Å². The number of nitrogen functional groups attached to an aromatic ring is 1. The first-order valence-electron chi connectivity index (χ1n) is 11.0. The fourth-order valence-corrected chi connectivity index (χ4v) is 4.84. The summed E-state index contributed by atoms with van der Waals surface area (Å²) in [6, 6.07) is 5.13. The number of aryl methyl sites for hydroxylation is 1. The number of nitrogens with zero attached hydrogens (tertiary/aromatic N) is 5. The topological polar surface area (TPSA) is 102 Å². The summed E-state index contributed by atoms with van der Waals surface area (Å²) in [5.41, 5.74) is 4.63. The van der Waals surface area contributed by atoms with Gasteiger partial charge < -0.3 is 16.0 Å². The molecule has 2 aliphatic rings. The Hall–Kier alpha value is -3.70. The van der Waals surface area contributed by atoms with Gasteiger partial charge in [-0.2, -0.15) is 18.3 Å². The van der Waals surface area contributed by atoms with E-state index in [0.717, 1.165) is 18.2 Å². The molecule has 0 saturated carbocycles. The molecule has 0 aliphatic carbocycles. The van der Waals surface area contributed by atoms with Gasteiger partial charge in [0.2, 0.25) is 0 Å². The third kappa shape index (κ3) is 3.86. The van der Waals surface area contributed by atoms with E-state index in [2.05, 4.69) is 20.4 Å². The van der Waals surface area contributed by atoms with Gasteiger partial charge in [-0.1, -0.05) is 0 Å². The number of hydrogen-bond donors (Lipinski definition) is 2. The summed E-state index contributed by atoms with van der Waals surface area (Å²) in [5.74, 6) is -1.09. The fraction of sp³-hybridized carbons (Fsp3) is 0.391. The van der Waals surface area contributed by atoms with Crippen LogP contribution in [0.2, 0.25) is 0 Å². The van der Waals surface area contributed by atoms with Crippen LogP contribution in [-0.2, 0) is 23.7 Å². The van der Waals surface area contributed by atoms with E-state index in [1.165, 1.54) is 24.5 Å². The van der Waals surface area contributed by atoms with Crippen LogP contribution in [0, 0.1) is 5.82 Å². The van der Waals surface area contributed by atoms with Crippen LogP contribution in [0.4, 0.5) is 28.2 Å². The number of alkyl halides is 3. The van der Waals surface area contributed by atoms with Crippen molar-refractivity contribution in [3.8, 4) is 11.3 Å². The number of halogens is 4. The highest BCUT2D eigenvalue weighted by Gasteiger charge is 2.52. The first kappa shape index (κ1) is 23.1. The molecule has 0 atom stereocenters. The summed E-state index contributed by atoms with van der Waals surface area (Å²) >= 11 is 0. The molecule has 1 spiro atoms. The summed E-state index contributed by atoms with van der Waals surface area (Å²) in [4.78, 5) is 22.3. The number of hydrogen-bond acceptors (Lipinski definition) is 5. The van der Waals surface area contributed by atoms with E-state index in [4.69, 9.17) is 5.73 Å². The third-order valence-electron chi connectivity index (χ3n) is 6.69. The van der Waals surface area contributed by atoms with Gasteiger partial charge in [-0.05, 0) is 44.5 Å². The minimum absolute atomic E-state index is 0.141. The van der Waals surface area contributed by atoms with Crippen LogP contribution in [0.3, 0.4) is 0 Å². The van der Waals surface area contributed by atoms with Gasteiger partial charge in [-0.15, -0.1) is 0 Å². The first-order chi connectivity index (χ1) is 16.4. The molecule has 8 nitrogen and oxygen atoms in total. The number of nitrogens with one attached hydrogen (secondary N) is 1. The lowest BCUT2D eigenvalue weighted by atomic mass is 9.76. The van der Waals surface area contributed by atoms with Crippen LogP contribution in [0.5, 0.6) is 0 Å². The Bertz CT molecular complexity index is 1310. The lowest BCUT2D eigenvalue weighted by molar-refractivity contribution is -0.137. The molecular weight excluding hydrogens is 466 g/mol. The van der Waals surface area contributed by atoms with Gasteiger partial charge in [-0.25, -0.2) is 14.2 Å². The van der Waals surface area contributed by atoms with Crippen molar-refractivity contribution < 1.29 is 22.4 Å². The molecule has 35 heavy (non-hydrogen) atoms. The van der Waals surface area contributed by atoms with Gasteiger partial charge in [-0.3, -0.25) is 9.67 Å². The smallest absolute Gasteiger partial charge is 0.383 e. The van der Waals surface area contributed by atoms with Gasteiger partial charge >= 0.3 is 12.2 Å². The van der Waals surface area contributed by atoms with Crippen LogP contribution in [0.25, 0.3) is 11.3 Å². The second-order valence-electron chi connectivity index (χ2n) is 9.57. The summed E-state index contributed by atoms with van der Waals surface area (Å²) in [6.07, 6.45) is -1.12. The standard InChI is InChI=1S/C23H23F4N7O/c1-21(2,18-15(24)4-3-6-29-18)31-20(35)33-11-22(12-33)5-7-34-17(22)9-16(32-34)13-8-14(23(25,26)27)19(28)30-10-13/h3-4,6,8-10H,5,7,11-12H2,1-2H3,(H2,28,30)(H,31,35). The number of anilines is 1.